The van der Waals surface area contributed by atoms with E-state index in [4.69, 9.17) is 18.9 Å². The summed E-state index contributed by atoms with van der Waals surface area (Å²) in [5.41, 5.74) is 0.513. The number of benzene rings is 8. The summed E-state index contributed by atoms with van der Waals surface area (Å²) in [7, 11) is 0. The largest absolute Gasteiger partial charge is 0.495 e. The van der Waals surface area contributed by atoms with E-state index in [-0.39, 0.29) is 24.2 Å². The minimum absolute atomic E-state index is 0.251. The lowest BCUT2D eigenvalue weighted by atomic mass is 9.93. The second kappa shape index (κ2) is 15.3. The molecule has 57 heavy (non-hydrogen) atoms. The lowest BCUT2D eigenvalue weighted by Gasteiger charge is -2.33. The van der Waals surface area contributed by atoms with Gasteiger partial charge in [0.05, 0.1) is 12.2 Å². The highest BCUT2D eigenvalue weighted by Gasteiger charge is 2.38. The van der Waals surface area contributed by atoms with Gasteiger partial charge in [-0.1, -0.05) is 104 Å². The van der Waals surface area contributed by atoms with Crippen LogP contribution in [0.4, 0.5) is 11.4 Å². The number of anilines is 2. The Morgan fingerprint density at radius 2 is 0.982 bits per heavy atom. The maximum Gasteiger partial charge on any atom is 0.261 e. The van der Waals surface area contributed by atoms with E-state index in [9.17, 15) is 9.59 Å². The molecule has 0 radical (unpaired) electrons. The normalized spacial score (nSPS) is 19.1. The zero-order valence-electron chi connectivity index (χ0n) is 32.4. The van der Waals surface area contributed by atoms with Gasteiger partial charge in [-0.15, -0.1) is 0 Å². The molecule has 0 spiro atoms. The fraction of sp³-hybridized carbons (Fsp3) is 0.265. The van der Waals surface area contributed by atoms with Crippen LogP contribution in [-0.2, 0) is 28.5 Å². The molecular weight excluding hydrogens is 713 g/mol. The fourth-order valence-corrected chi connectivity index (χ4v) is 8.49. The molecule has 1 fully saturated rings. The summed E-state index contributed by atoms with van der Waals surface area (Å²) in [6.07, 6.45) is 0.622. The summed E-state index contributed by atoms with van der Waals surface area (Å²) in [5.74, 6) is -0.348. The number of nitrogens with one attached hydrogen (secondary N) is 2. The van der Waals surface area contributed by atoms with Gasteiger partial charge in [0.1, 0.15) is 5.76 Å². The Hall–Kier alpha value is -5.80. The predicted molar refractivity (Wildman–Crippen MR) is 231 cm³/mol. The molecule has 1 heterocycles. The average molecular weight is 759 g/mol. The van der Waals surface area contributed by atoms with Crippen LogP contribution < -0.4 is 10.6 Å². The Morgan fingerprint density at radius 3 is 1.54 bits per heavy atom. The first-order valence-electron chi connectivity index (χ1n) is 19.9. The Balaban J connectivity index is 0.877. The van der Waals surface area contributed by atoms with Gasteiger partial charge in [0.15, 0.2) is 12.2 Å². The third-order valence-corrected chi connectivity index (χ3v) is 11.4. The molecule has 8 aromatic rings. The predicted octanol–water partition coefficient (Wildman–Crippen LogP) is 10.7. The van der Waals surface area contributed by atoms with Crippen molar-refractivity contribution in [2.75, 3.05) is 37.1 Å². The lowest BCUT2D eigenvalue weighted by Crippen LogP contribution is -2.49. The maximum atomic E-state index is 14.1. The van der Waals surface area contributed by atoms with Crippen molar-refractivity contribution in [3.63, 3.8) is 0 Å². The molecule has 1 aliphatic heterocycles. The van der Waals surface area contributed by atoms with Crippen LogP contribution in [0.25, 0.3) is 64.6 Å². The summed E-state index contributed by atoms with van der Waals surface area (Å²) in [5, 5.41) is 19.8. The first-order valence-corrected chi connectivity index (χ1v) is 19.9. The molecule has 9 rings (SSSR count). The van der Waals surface area contributed by atoms with Gasteiger partial charge in [0.2, 0.25) is 0 Å². The van der Waals surface area contributed by atoms with Crippen LogP contribution in [-0.4, -0.2) is 56.1 Å². The van der Waals surface area contributed by atoms with Gasteiger partial charge in [0, 0.05) is 42.0 Å². The first kappa shape index (κ1) is 36.8. The third-order valence-electron chi connectivity index (χ3n) is 11.4. The molecule has 1 aliphatic rings. The van der Waals surface area contributed by atoms with Crippen LogP contribution in [0.5, 0.6) is 0 Å². The van der Waals surface area contributed by atoms with Gasteiger partial charge in [-0.2, -0.15) is 0 Å². The average Bonchev–Trinajstić information content (AvgIpc) is 3.21. The smallest absolute Gasteiger partial charge is 0.261 e. The van der Waals surface area contributed by atoms with Crippen molar-refractivity contribution in [1.29, 1.82) is 0 Å². The van der Waals surface area contributed by atoms with Crippen LogP contribution in [0.2, 0.25) is 0 Å². The topological polar surface area (TPSA) is 95.1 Å². The van der Waals surface area contributed by atoms with E-state index in [0.717, 1.165) is 48.8 Å². The summed E-state index contributed by atoms with van der Waals surface area (Å²) in [6.45, 7) is 9.20. The highest BCUT2D eigenvalue weighted by molar-refractivity contribution is 6.27. The molecule has 2 unspecified atom stereocenters. The van der Waals surface area contributed by atoms with Gasteiger partial charge in [-0.25, -0.2) is 0 Å². The van der Waals surface area contributed by atoms with E-state index in [0.29, 0.717) is 51.2 Å². The minimum atomic E-state index is -1.00. The zero-order valence-corrected chi connectivity index (χ0v) is 32.4. The quantitative estimate of drug-likeness (QED) is 0.174. The van der Waals surface area contributed by atoms with E-state index in [1.54, 1.807) is 0 Å². The molecule has 8 aromatic carbocycles. The molecule has 0 aromatic heterocycles. The summed E-state index contributed by atoms with van der Waals surface area (Å²) in [6, 6.07) is 37.5. The molecular formula is C49H46N2O6. The van der Waals surface area contributed by atoms with Crippen molar-refractivity contribution >= 4 is 87.8 Å². The van der Waals surface area contributed by atoms with E-state index >= 15 is 0 Å². The number of carbonyl (C=O) groups is 2. The molecule has 2 atom stereocenters. The van der Waals surface area contributed by atoms with Crippen molar-refractivity contribution < 1.29 is 28.5 Å². The van der Waals surface area contributed by atoms with Crippen molar-refractivity contribution in [2.45, 2.75) is 57.3 Å². The zero-order chi connectivity index (χ0) is 39.1. The van der Waals surface area contributed by atoms with E-state index < -0.39 is 17.8 Å². The van der Waals surface area contributed by atoms with Crippen molar-refractivity contribution in [3.05, 3.63) is 122 Å². The summed E-state index contributed by atoms with van der Waals surface area (Å²) in [4.78, 5) is 28.0. The number of hydrogen-bond acceptors (Lipinski definition) is 6. The van der Waals surface area contributed by atoms with Gasteiger partial charge >= 0.3 is 0 Å². The highest BCUT2D eigenvalue weighted by atomic mass is 16.6. The molecule has 1 saturated heterocycles. The number of rotatable bonds is 4. The minimum Gasteiger partial charge on any atom is -0.495 e. The Kier molecular flexibility index (Phi) is 9.86. The molecule has 8 nitrogen and oxygen atoms in total. The van der Waals surface area contributed by atoms with Crippen molar-refractivity contribution in [3.8, 4) is 0 Å². The molecule has 288 valence electrons. The summed E-state index contributed by atoms with van der Waals surface area (Å²) >= 11 is 0. The Bertz CT molecular complexity index is 2740. The molecule has 0 saturated carbocycles. The number of carbonyl (C=O) groups excluding carboxylic acids is 2. The van der Waals surface area contributed by atoms with Crippen molar-refractivity contribution in [1.82, 2.24) is 0 Å². The molecule has 2 N–H and O–H groups in total. The first-order chi connectivity index (χ1) is 27.8. The second-order valence-corrected chi connectivity index (χ2v) is 15.6. The fourth-order valence-electron chi connectivity index (χ4n) is 8.49. The molecule has 0 aliphatic carbocycles. The van der Waals surface area contributed by atoms with Crippen LogP contribution in [0.1, 0.15) is 39.5 Å². The van der Waals surface area contributed by atoms with E-state index in [1.807, 2.05) is 32.0 Å². The van der Waals surface area contributed by atoms with Gasteiger partial charge in [-0.3, -0.25) is 9.59 Å². The monoisotopic (exact) mass is 758 g/mol. The Labute approximate surface area is 331 Å². The second-order valence-electron chi connectivity index (χ2n) is 15.6. The van der Waals surface area contributed by atoms with Crippen LogP contribution >= 0.6 is 0 Å². The number of hydrogen-bond donors (Lipinski definition) is 2. The third kappa shape index (κ3) is 6.99. The van der Waals surface area contributed by atoms with Gasteiger partial charge in [-0.05, 0) is 106 Å². The van der Waals surface area contributed by atoms with Crippen molar-refractivity contribution in [2.24, 2.45) is 0 Å². The molecule has 0 bridgehead atoms. The highest BCUT2D eigenvalue weighted by Crippen LogP contribution is 2.39. The SMILES string of the molecule is C=C1OCCCCOC(C(=O)Nc2ccc3ccc4cccc5ccc2c3c45)C(C)(C)OCCCCOC1C(=O)Nc1ccc2ccc3cccc4ccc1c2c34. The standard InChI is InChI=1S/C49H46N2O6/c1-30-45(47(52)50-39-24-20-35-16-14-31-10-8-12-33-18-22-37(39)43(35)41(31)33)55-27-6-7-29-57-49(2,3)46(56-28-5-4-26-54-30)48(53)51-40-25-21-36-17-15-32-11-9-13-34-19-23-38(40)44(36)42(32)34/h8-25,45-46H,1,4-7,26-29H2,2-3H3,(H,50,52)(H,51,53). The number of ether oxygens (including phenoxy) is 4. The molecule has 2 amide bonds. The van der Waals surface area contributed by atoms with Gasteiger partial charge in [0.25, 0.3) is 11.8 Å². The Morgan fingerprint density at radius 1 is 0.544 bits per heavy atom. The lowest BCUT2D eigenvalue weighted by molar-refractivity contribution is -0.156. The van der Waals surface area contributed by atoms with E-state index in [2.05, 4.69) is 108 Å². The van der Waals surface area contributed by atoms with Gasteiger partial charge < -0.3 is 29.6 Å². The van der Waals surface area contributed by atoms with Crippen LogP contribution in [0, 0.1) is 0 Å². The van der Waals surface area contributed by atoms with E-state index in [1.165, 1.54) is 21.5 Å². The maximum absolute atomic E-state index is 14.1. The molecule has 8 heteroatoms. The van der Waals surface area contributed by atoms with Crippen LogP contribution in [0.15, 0.2) is 122 Å². The number of amides is 2. The van der Waals surface area contributed by atoms with Crippen LogP contribution in [0.3, 0.4) is 0 Å². The summed E-state index contributed by atoms with van der Waals surface area (Å²) < 4.78 is 25.0.